The second-order valence-electron chi connectivity index (χ2n) is 3.15. The smallest absolute Gasteiger partial charge is 0.147 e. The maximum absolute atomic E-state index is 11.0. The Balaban J connectivity index is 4.01. The fourth-order valence-electron chi connectivity index (χ4n) is 0.955. The van der Waals surface area contributed by atoms with Crippen molar-refractivity contribution in [3.63, 3.8) is 0 Å². The van der Waals surface area contributed by atoms with Crippen molar-refractivity contribution in [1.82, 2.24) is 5.32 Å². The van der Waals surface area contributed by atoms with Gasteiger partial charge in [0.05, 0.1) is 6.04 Å². The average Bonchev–Trinajstić information content (AvgIpc) is 1.81. The Kier molecular flexibility index (Phi) is 4.77. The summed E-state index contributed by atoms with van der Waals surface area (Å²) in [6, 6.07) is 0.219. The van der Waals surface area contributed by atoms with Crippen molar-refractivity contribution in [2.24, 2.45) is 0 Å². The molecular weight excluding hydrogens is 158 g/mol. The summed E-state index contributed by atoms with van der Waals surface area (Å²) in [7, 11) is 0. The third kappa shape index (κ3) is 4.43. The molecule has 3 heteroatoms. The lowest BCUT2D eigenvalue weighted by molar-refractivity contribution is -0.119. The molecule has 0 spiro atoms. The monoisotopic (exact) mass is 175 g/mol. The van der Waals surface area contributed by atoms with Gasteiger partial charge in [-0.1, -0.05) is 20.8 Å². The van der Waals surface area contributed by atoms with Gasteiger partial charge >= 0.3 is 0 Å². The summed E-state index contributed by atoms with van der Waals surface area (Å²) in [5, 5.41) is 3.23. The molecule has 0 bridgehead atoms. The maximum atomic E-state index is 11.0. The van der Waals surface area contributed by atoms with E-state index in [0.717, 1.165) is 0 Å². The number of Topliss-reactive ketones (excluding diaryl/α,β-unsaturated/α-hetero) is 1. The van der Waals surface area contributed by atoms with Crippen molar-refractivity contribution in [3.05, 3.63) is 0 Å². The molecule has 0 saturated carbocycles. The molecule has 2 nitrogen and oxygen atoms in total. The van der Waals surface area contributed by atoms with E-state index in [2.05, 4.69) is 17.9 Å². The second kappa shape index (κ2) is 4.78. The van der Waals surface area contributed by atoms with Crippen LogP contribution in [0.1, 0.15) is 27.7 Å². The summed E-state index contributed by atoms with van der Waals surface area (Å²) in [6.45, 7) is 7.55. The molecule has 0 aliphatic carbocycles. The van der Waals surface area contributed by atoms with Gasteiger partial charge in [-0.25, -0.2) is 0 Å². The second-order valence-corrected chi connectivity index (χ2v) is 3.96. The van der Waals surface area contributed by atoms with Crippen LogP contribution in [0.5, 0.6) is 0 Å². The van der Waals surface area contributed by atoms with Crippen LogP contribution < -0.4 is 5.32 Å². The number of hydrogen-bond acceptors (Lipinski definition) is 3. The zero-order valence-electron chi connectivity index (χ0n) is 7.59. The number of thiol groups is 1. The summed E-state index contributed by atoms with van der Waals surface area (Å²) in [5.41, 5.74) is 0. The van der Waals surface area contributed by atoms with Gasteiger partial charge in [0.1, 0.15) is 5.78 Å². The van der Waals surface area contributed by atoms with Crippen molar-refractivity contribution < 1.29 is 4.79 Å². The molecule has 66 valence electrons. The first-order valence-electron chi connectivity index (χ1n) is 3.89. The average molecular weight is 175 g/mol. The minimum absolute atomic E-state index is 0.0786. The van der Waals surface area contributed by atoms with Crippen LogP contribution in [0, 0.1) is 0 Å². The van der Waals surface area contributed by atoms with Crippen LogP contribution in [-0.2, 0) is 4.79 Å². The van der Waals surface area contributed by atoms with E-state index in [-0.39, 0.29) is 17.1 Å². The maximum Gasteiger partial charge on any atom is 0.147 e. The molecule has 0 radical (unpaired) electrons. The van der Waals surface area contributed by atoms with Crippen molar-refractivity contribution in [2.45, 2.75) is 45.0 Å². The third-order valence-corrected chi connectivity index (χ3v) is 1.73. The fourth-order valence-corrected chi connectivity index (χ4v) is 1.25. The first-order valence-corrected chi connectivity index (χ1v) is 4.41. The van der Waals surface area contributed by atoms with Gasteiger partial charge in [0.25, 0.3) is 0 Å². The van der Waals surface area contributed by atoms with Crippen molar-refractivity contribution in [2.75, 3.05) is 0 Å². The first-order chi connectivity index (χ1) is 4.95. The summed E-state index contributed by atoms with van der Waals surface area (Å²) >= 11 is 4.22. The molecule has 0 rings (SSSR count). The van der Waals surface area contributed by atoms with Gasteiger partial charge < -0.3 is 5.32 Å². The highest BCUT2D eigenvalue weighted by Crippen LogP contribution is 2.03. The van der Waals surface area contributed by atoms with Gasteiger partial charge in [-0.3, -0.25) is 4.79 Å². The Morgan fingerprint density at radius 2 is 1.82 bits per heavy atom. The van der Waals surface area contributed by atoms with E-state index in [1.807, 2.05) is 20.8 Å². The minimum atomic E-state index is -0.113. The SMILES string of the molecule is CC(=O)C(NC(C)C)C(C)S. The van der Waals surface area contributed by atoms with E-state index < -0.39 is 0 Å². The Labute approximate surface area is 74.2 Å². The molecule has 0 aliphatic rings. The van der Waals surface area contributed by atoms with E-state index in [1.165, 1.54) is 0 Å². The molecule has 2 atom stereocenters. The Morgan fingerprint density at radius 3 is 1.91 bits per heavy atom. The minimum Gasteiger partial charge on any atom is -0.304 e. The highest BCUT2D eigenvalue weighted by atomic mass is 32.1. The van der Waals surface area contributed by atoms with Crippen LogP contribution in [0.3, 0.4) is 0 Å². The largest absolute Gasteiger partial charge is 0.304 e. The van der Waals surface area contributed by atoms with E-state index >= 15 is 0 Å². The topological polar surface area (TPSA) is 29.1 Å². The van der Waals surface area contributed by atoms with Gasteiger partial charge in [0.2, 0.25) is 0 Å². The standard InChI is InChI=1S/C8H17NOS/c1-5(2)9-8(6(3)10)7(4)11/h5,7-9,11H,1-4H3. The molecule has 0 aromatic carbocycles. The molecule has 2 unspecified atom stereocenters. The van der Waals surface area contributed by atoms with Gasteiger partial charge in [0.15, 0.2) is 0 Å². The highest BCUT2D eigenvalue weighted by Gasteiger charge is 2.18. The summed E-state index contributed by atoms with van der Waals surface area (Å²) in [5.74, 6) is 0.154. The van der Waals surface area contributed by atoms with E-state index in [1.54, 1.807) is 6.92 Å². The lowest BCUT2D eigenvalue weighted by Gasteiger charge is -2.21. The van der Waals surface area contributed by atoms with Crippen LogP contribution in [-0.4, -0.2) is 23.1 Å². The van der Waals surface area contributed by atoms with E-state index in [0.29, 0.717) is 6.04 Å². The van der Waals surface area contributed by atoms with Crippen molar-refractivity contribution >= 4 is 18.4 Å². The molecule has 0 fully saturated rings. The van der Waals surface area contributed by atoms with Gasteiger partial charge in [-0.05, 0) is 6.92 Å². The lowest BCUT2D eigenvalue weighted by Crippen LogP contribution is -2.44. The molecule has 0 amide bonds. The number of ketones is 1. The third-order valence-electron chi connectivity index (χ3n) is 1.43. The molecule has 1 N–H and O–H groups in total. The highest BCUT2D eigenvalue weighted by molar-refractivity contribution is 7.81. The quantitative estimate of drug-likeness (QED) is 0.630. The number of rotatable bonds is 4. The predicted octanol–water partition coefficient (Wildman–Crippen LogP) is 1.26. The van der Waals surface area contributed by atoms with Crippen LogP contribution in [0.25, 0.3) is 0 Å². The lowest BCUT2D eigenvalue weighted by atomic mass is 10.1. The summed E-state index contributed by atoms with van der Waals surface area (Å²) < 4.78 is 0. The molecule has 0 aromatic heterocycles. The Bertz CT molecular complexity index is 134. The normalized spacial score (nSPS) is 16.5. The van der Waals surface area contributed by atoms with Gasteiger partial charge in [-0.2, -0.15) is 12.6 Å². The molecule has 11 heavy (non-hydrogen) atoms. The predicted molar refractivity (Wildman–Crippen MR) is 51.2 cm³/mol. The zero-order chi connectivity index (χ0) is 9.02. The van der Waals surface area contributed by atoms with Crippen molar-refractivity contribution in [3.8, 4) is 0 Å². The fraction of sp³-hybridized carbons (Fsp3) is 0.875. The molecule has 0 aliphatic heterocycles. The first kappa shape index (κ1) is 11.0. The Morgan fingerprint density at radius 1 is 1.36 bits per heavy atom. The van der Waals surface area contributed by atoms with Crippen LogP contribution in [0.2, 0.25) is 0 Å². The number of nitrogens with one attached hydrogen (secondary N) is 1. The van der Waals surface area contributed by atoms with E-state index in [4.69, 9.17) is 0 Å². The summed E-state index contributed by atoms with van der Waals surface area (Å²) in [6.07, 6.45) is 0. The zero-order valence-corrected chi connectivity index (χ0v) is 8.48. The Hall–Kier alpha value is -0.0200. The number of hydrogen-bond donors (Lipinski definition) is 2. The van der Waals surface area contributed by atoms with Crippen molar-refractivity contribution in [1.29, 1.82) is 0 Å². The summed E-state index contributed by atoms with van der Waals surface area (Å²) in [4.78, 5) is 11.0. The van der Waals surface area contributed by atoms with Crippen LogP contribution >= 0.6 is 12.6 Å². The van der Waals surface area contributed by atoms with Gasteiger partial charge in [-0.15, -0.1) is 0 Å². The molecular formula is C8H17NOS. The number of carbonyl (C=O) groups is 1. The van der Waals surface area contributed by atoms with Crippen LogP contribution in [0.4, 0.5) is 0 Å². The molecule has 0 heterocycles. The van der Waals surface area contributed by atoms with Crippen LogP contribution in [0.15, 0.2) is 0 Å². The van der Waals surface area contributed by atoms with Gasteiger partial charge in [0, 0.05) is 11.3 Å². The molecule has 0 saturated heterocycles. The van der Waals surface area contributed by atoms with E-state index in [9.17, 15) is 4.79 Å². The molecule has 0 aromatic rings. The number of carbonyl (C=O) groups excluding carboxylic acids is 1.